The third-order valence-electron chi connectivity index (χ3n) is 2.24. The number of H-pyrrole nitrogens is 1. The average molecular weight is 217 g/mol. The highest BCUT2D eigenvalue weighted by Crippen LogP contribution is 2.34. The van der Waals surface area contributed by atoms with Gasteiger partial charge >= 0.3 is 5.69 Å². The molecule has 0 bridgehead atoms. The van der Waals surface area contributed by atoms with E-state index in [0.717, 1.165) is 5.56 Å². The second-order valence-corrected chi connectivity index (χ2v) is 3.24. The number of nitrogens with one attached hydrogen (secondary N) is 1. The van der Waals surface area contributed by atoms with Gasteiger partial charge in [0.15, 0.2) is 11.5 Å². The zero-order valence-corrected chi connectivity index (χ0v) is 8.14. The predicted molar refractivity (Wildman–Crippen MR) is 54.2 cm³/mol. The van der Waals surface area contributed by atoms with Crippen molar-refractivity contribution >= 4 is 0 Å². The number of rotatable bonds is 1. The topological polar surface area (TPSA) is 77.1 Å². The van der Waals surface area contributed by atoms with Crippen LogP contribution >= 0.6 is 0 Å². The van der Waals surface area contributed by atoms with Gasteiger partial charge in [-0.3, -0.25) is 0 Å². The summed E-state index contributed by atoms with van der Waals surface area (Å²) in [6.45, 7) is 0.232. The molecule has 80 valence electrons. The number of ether oxygens (including phenoxy) is 2. The summed E-state index contributed by atoms with van der Waals surface area (Å²) >= 11 is 0. The highest BCUT2D eigenvalue weighted by Gasteiger charge is 2.14. The molecule has 1 N–H and O–H groups in total. The van der Waals surface area contributed by atoms with E-state index in [0.29, 0.717) is 17.2 Å². The zero-order chi connectivity index (χ0) is 11.0. The van der Waals surface area contributed by atoms with Gasteiger partial charge in [0.1, 0.15) is 5.69 Å². The first-order valence-corrected chi connectivity index (χ1v) is 4.65. The Morgan fingerprint density at radius 3 is 2.94 bits per heavy atom. The van der Waals surface area contributed by atoms with Crippen LogP contribution in [0.3, 0.4) is 0 Å². The Kier molecular flexibility index (Phi) is 1.86. The zero-order valence-electron chi connectivity index (χ0n) is 8.14. The van der Waals surface area contributed by atoms with Crippen LogP contribution in [0.5, 0.6) is 11.5 Å². The van der Waals surface area contributed by atoms with Crippen LogP contribution in [-0.2, 0) is 0 Å². The van der Waals surface area contributed by atoms with Crippen LogP contribution in [0.15, 0.2) is 29.2 Å². The van der Waals surface area contributed by atoms with Crippen molar-refractivity contribution in [2.24, 2.45) is 0 Å². The Balaban J connectivity index is 2.07. The Hall–Kier alpha value is -2.37. The Morgan fingerprint density at radius 1 is 1.25 bits per heavy atom. The maximum atomic E-state index is 10.8. The highest BCUT2D eigenvalue weighted by molar-refractivity contribution is 5.63. The van der Waals surface area contributed by atoms with Gasteiger partial charge < -0.3 is 9.47 Å². The number of benzene rings is 1. The first-order valence-electron chi connectivity index (χ1n) is 4.65. The summed E-state index contributed by atoms with van der Waals surface area (Å²) in [6, 6.07) is 5.42. The third-order valence-corrected chi connectivity index (χ3v) is 2.24. The van der Waals surface area contributed by atoms with Crippen LogP contribution in [0.1, 0.15) is 0 Å². The van der Waals surface area contributed by atoms with Crippen molar-refractivity contribution in [2.45, 2.75) is 0 Å². The molecule has 6 heteroatoms. The molecule has 1 aliphatic rings. The van der Waals surface area contributed by atoms with Gasteiger partial charge in [-0.15, -0.1) is 0 Å². The van der Waals surface area contributed by atoms with Gasteiger partial charge in [0, 0.05) is 5.56 Å². The molecule has 6 nitrogen and oxygen atoms in total. The maximum Gasteiger partial charge on any atom is 0.361 e. The molecule has 3 rings (SSSR count). The molecular weight excluding hydrogens is 210 g/mol. The fraction of sp³-hybridized carbons (Fsp3) is 0.100. The second kappa shape index (κ2) is 3.34. The van der Waals surface area contributed by atoms with Crippen molar-refractivity contribution in [3.05, 3.63) is 34.9 Å². The minimum atomic E-state index is -0.468. The number of hydrogen-bond donors (Lipinski definition) is 1. The van der Waals surface area contributed by atoms with E-state index in [9.17, 15) is 4.79 Å². The van der Waals surface area contributed by atoms with Crippen molar-refractivity contribution in [3.8, 4) is 22.8 Å². The molecule has 2 heterocycles. The normalized spacial score (nSPS) is 12.8. The molecule has 2 aromatic rings. The van der Waals surface area contributed by atoms with Crippen LogP contribution in [0.25, 0.3) is 11.3 Å². The molecule has 0 unspecified atom stereocenters. The maximum absolute atomic E-state index is 10.8. The van der Waals surface area contributed by atoms with E-state index in [-0.39, 0.29) is 6.79 Å². The summed E-state index contributed by atoms with van der Waals surface area (Å²) in [6.07, 6.45) is 1.41. The first kappa shape index (κ1) is 8.90. The molecule has 0 spiro atoms. The fourth-order valence-corrected chi connectivity index (χ4v) is 1.48. The van der Waals surface area contributed by atoms with Crippen molar-refractivity contribution in [2.75, 3.05) is 6.79 Å². The fourth-order valence-electron chi connectivity index (χ4n) is 1.48. The minimum Gasteiger partial charge on any atom is -0.454 e. The lowest BCUT2D eigenvalue weighted by atomic mass is 10.1. The van der Waals surface area contributed by atoms with Crippen LogP contribution < -0.4 is 15.2 Å². The molecule has 0 fully saturated rings. The predicted octanol–water partition coefficient (Wildman–Crippen LogP) is 0.561. The van der Waals surface area contributed by atoms with E-state index < -0.39 is 5.69 Å². The lowest BCUT2D eigenvalue weighted by Crippen LogP contribution is -2.11. The smallest absolute Gasteiger partial charge is 0.361 e. The van der Waals surface area contributed by atoms with Crippen LogP contribution in [0.4, 0.5) is 0 Å². The summed E-state index contributed by atoms with van der Waals surface area (Å²) in [7, 11) is 0. The highest BCUT2D eigenvalue weighted by atomic mass is 16.7. The lowest BCUT2D eigenvalue weighted by Gasteiger charge is -2.00. The SMILES string of the molecule is O=c1ncc(-c2ccc3c(c2)OCO3)n[nH]1. The number of aromatic nitrogens is 3. The number of fused-ring (bicyclic) bond motifs is 1. The van der Waals surface area contributed by atoms with Crippen LogP contribution in [0.2, 0.25) is 0 Å². The second-order valence-electron chi connectivity index (χ2n) is 3.24. The summed E-state index contributed by atoms with van der Waals surface area (Å²) in [5.74, 6) is 1.38. The van der Waals surface area contributed by atoms with Gasteiger partial charge in [0.05, 0.1) is 6.20 Å². The molecule has 0 saturated carbocycles. The number of aromatic amines is 1. The molecule has 0 radical (unpaired) electrons. The van der Waals surface area contributed by atoms with Crippen molar-refractivity contribution in [1.29, 1.82) is 0 Å². The quantitative estimate of drug-likeness (QED) is 0.755. The van der Waals surface area contributed by atoms with E-state index in [1.165, 1.54) is 6.20 Å². The minimum absolute atomic E-state index is 0.232. The number of nitrogens with zero attached hydrogens (tertiary/aromatic N) is 2. The van der Waals surface area contributed by atoms with Crippen molar-refractivity contribution < 1.29 is 9.47 Å². The van der Waals surface area contributed by atoms with E-state index in [2.05, 4.69) is 15.2 Å². The summed E-state index contributed by atoms with van der Waals surface area (Å²) in [5, 5.41) is 6.15. The van der Waals surface area contributed by atoms with E-state index in [4.69, 9.17) is 9.47 Å². The molecule has 0 aliphatic carbocycles. The van der Waals surface area contributed by atoms with Crippen LogP contribution in [0, 0.1) is 0 Å². The summed E-state index contributed by atoms with van der Waals surface area (Å²) < 4.78 is 10.4. The monoisotopic (exact) mass is 217 g/mol. The Morgan fingerprint density at radius 2 is 2.12 bits per heavy atom. The molecule has 0 amide bonds. The van der Waals surface area contributed by atoms with E-state index >= 15 is 0 Å². The van der Waals surface area contributed by atoms with Gasteiger partial charge in [-0.05, 0) is 18.2 Å². The first-order chi connectivity index (χ1) is 7.83. The standard InChI is InChI=1S/C10H7N3O3/c14-10-11-4-7(12-13-10)6-1-2-8-9(3-6)16-5-15-8/h1-4H,5H2,(H,11,13,14). The molecule has 0 saturated heterocycles. The van der Waals surface area contributed by atoms with Crippen molar-refractivity contribution in [1.82, 2.24) is 15.2 Å². The van der Waals surface area contributed by atoms with Gasteiger partial charge in [-0.1, -0.05) is 0 Å². The van der Waals surface area contributed by atoms with E-state index in [1.807, 2.05) is 6.07 Å². The van der Waals surface area contributed by atoms with E-state index in [1.54, 1.807) is 12.1 Å². The van der Waals surface area contributed by atoms with Crippen molar-refractivity contribution in [3.63, 3.8) is 0 Å². The molecule has 1 aliphatic heterocycles. The summed E-state index contributed by atoms with van der Waals surface area (Å²) in [5.41, 5.74) is 0.926. The Bertz CT molecular complexity index is 574. The molecule has 1 aromatic heterocycles. The molecular formula is C10H7N3O3. The Labute approximate surface area is 89.9 Å². The average Bonchev–Trinajstić information content (AvgIpc) is 2.77. The van der Waals surface area contributed by atoms with Crippen LogP contribution in [-0.4, -0.2) is 22.0 Å². The van der Waals surface area contributed by atoms with Gasteiger partial charge in [-0.2, -0.15) is 10.1 Å². The lowest BCUT2D eigenvalue weighted by molar-refractivity contribution is 0.174. The third kappa shape index (κ3) is 1.40. The largest absolute Gasteiger partial charge is 0.454 e. The molecule has 16 heavy (non-hydrogen) atoms. The van der Waals surface area contributed by atoms with Gasteiger partial charge in [0.2, 0.25) is 6.79 Å². The molecule has 1 aromatic carbocycles. The number of hydrogen-bond acceptors (Lipinski definition) is 5. The molecule has 0 atom stereocenters. The summed E-state index contributed by atoms with van der Waals surface area (Å²) in [4.78, 5) is 14.4. The van der Waals surface area contributed by atoms with Gasteiger partial charge in [0.25, 0.3) is 0 Å². The van der Waals surface area contributed by atoms with Gasteiger partial charge in [-0.25, -0.2) is 9.89 Å².